The Hall–Kier alpha value is -1.89. The second kappa shape index (κ2) is 12.5. The molecule has 8 N–H and O–H groups in total. The molecule has 26 heavy (non-hydrogen) atoms. The summed E-state index contributed by atoms with van der Waals surface area (Å²) in [5.74, 6) is -3.08. The molecular weight excluding hydrogens is 368 g/mol. The van der Waals surface area contributed by atoms with Gasteiger partial charge in [-0.1, -0.05) is 0 Å². The molecule has 4 unspecified atom stereocenters. The highest BCUT2D eigenvalue weighted by Gasteiger charge is 2.27. The van der Waals surface area contributed by atoms with Gasteiger partial charge in [0.2, 0.25) is 17.7 Å². The fourth-order valence-electron chi connectivity index (χ4n) is 1.73. The second-order valence-electron chi connectivity index (χ2n) is 5.44. The van der Waals surface area contributed by atoms with Crippen molar-refractivity contribution in [1.82, 2.24) is 16.0 Å². The third-order valence-electron chi connectivity index (χ3n) is 3.33. The average Bonchev–Trinajstić information content (AvgIpc) is 2.61. The summed E-state index contributed by atoms with van der Waals surface area (Å²) in [6.07, 6.45) is 2.02. The quantitative estimate of drug-likeness (QED) is 0.177. The van der Waals surface area contributed by atoms with Crippen molar-refractivity contribution in [2.45, 2.75) is 37.5 Å². The molecule has 0 radical (unpaired) electrons. The fraction of sp³-hybridized carbons (Fsp3) is 0.714. The summed E-state index contributed by atoms with van der Waals surface area (Å²) in [5.41, 5.74) is 5.30. The van der Waals surface area contributed by atoms with Gasteiger partial charge in [0.15, 0.2) is 0 Å². The monoisotopic (exact) mass is 394 g/mol. The smallest absolute Gasteiger partial charge is 0.326 e. The Balaban J connectivity index is 4.71. The van der Waals surface area contributed by atoms with Crippen LogP contribution in [0.2, 0.25) is 0 Å². The van der Waals surface area contributed by atoms with E-state index in [1.54, 1.807) is 6.26 Å². The molecule has 0 saturated heterocycles. The van der Waals surface area contributed by atoms with Crippen LogP contribution in [-0.2, 0) is 19.2 Å². The number of thioether (sulfide) groups is 1. The van der Waals surface area contributed by atoms with E-state index < -0.39 is 61.1 Å². The van der Waals surface area contributed by atoms with Crippen molar-refractivity contribution in [3.63, 3.8) is 0 Å². The maximum absolute atomic E-state index is 12.0. The van der Waals surface area contributed by atoms with Gasteiger partial charge in [-0.15, -0.1) is 0 Å². The number of nitrogens with two attached hydrogens (primary N) is 1. The van der Waals surface area contributed by atoms with Gasteiger partial charge < -0.3 is 37.0 Å². The maximum Gasteiger partial charge on any atom is 0.326 e. The number of carbonyl (C=O) groups is 4. The average molecular weight is 394 g/mol. The first-order valence-corrected chi connectivity index (χ1v) is 9.17. The molecule has 150 valence electrons. The lowest BCUT2D eigenvalue weighted by atomic mass is 10.2. The van der Waals surface area contributed by atoms with Crippen molar-refractivity contribution in [1.29, 1.82) is 0 Å². The number of nitrogens with one attached hydrogen (secondary N) is 3. The third-order valence-corrected chi connectivity index (χ3v) is 3.97. The number of aliphatic carboxylic acids is 1. The molecule has 0 aromatic rings. The lowest BCUT2D eigenvalue weighted by Crippen LogP contribution is -2.57. The van der Waals surface area contributed by atoms with Crippen LogP contribution in [0.4, 0.5) is 0 Å². The lowest BCUT2D eigenvalue weighted by molar-refractivity contribution is -0.142. The molecule has 0 saturated carbocycles. The van der Waals surface area contributed by atoms with Gasteiger partial charge in [0.25, 0.3) is 0 Å². The molecule has 0 aliphatic heterocycles. The van der Waals surface area contributed by atoms with Crippen molar-refractivity contribution in [3.05, 3.63) is 0 Å². The standard InChI is InChI=1S/C14H26N4O7S/c1-7(11(21)17-9(14(24)25)3-4-26-2)16-13(23)10(6-20)18-12(22)8(15)5-19/h7-10,19-20H,3-6,15H2,1-2H3,(H,16,23)(H,17,21)(H,18,22)(H,24,25). The van der Waals surface area contributed by atoms with E-state index in [-0.39, 0.29) is 6.42 Å². The number of rotatable bonds is 12. The highest BCUT2D eigenvalue weighted by molar-refractivity contribution is 7.98. The Kier molecular flexibility index (Phi) is 11.6. The van der Waals surface area contributed by atoms with E-state index in [2.05, 4.69) is 16.0 Å². The Morgan fingerprint density at radius 2 is 1.54 bits per heavy atom. The number of aliphatic hydroxyl groups excluding tert-OH is 2. The van der Waals surface area contributed by atoms with Crippen molar-refractivity contribution >= 4 is 35.5 Å². The Morgan fingerprint density at radius 3 is 2.00 bits per heavy atom. The normalized spacial score (nSPS) is 15.3. The summed E-state index contributed by atoms with van der Waals surface area (Å²) in [6, 6.07) is -4.83. The van der Waals surface area contributed by atoms with Crippen LogP contribution in [0.25, 0.3) is 0 Å². The van der Waals surface area contributed by atoms with Crippen molar-refractivity contribution < 1.29 is 34.5 Å². The van der Waals surface area contributed by atoms with Crippen molar-refractivity contribution in [3.8, 4) is 0 Å². The molecule has 0 spiro atoms. The molecule has 0 rings (SSSR count). The van der Waals surface area contributed by atoms with Crippen LogP contribution >= 0.6 is 11.8 Å². The highest BCUT2D eigenvalue weighted by Crippen LogP contribution is 2.01. The molecule has 0 aliphatic carbocycles. The first kappa shape index (κ1) is 24.1. The van der Waals surface area contributed by atoms with Gasteiger partial charge in [0.05, 0.1) is 13.2 Å². The minimum atomic E-state index is -1.37. The summed E-state index contributed by atoms with van der Waals surface area (Å²) in [7, 11) is 0. The fourth-order valence-corrected chi connectivity index (χ4v) is 2.20. The molecule has 0 fully saturated rings. The summed E-state index contributed by atoms with van der Waals surface area (Å²) in [6.45, 7) is -0.0665. The van der Waals surface area contributed by atoms with Crippen LogP contribution in [0.3, 0.4) is 0 Å². The molecule has 4 atom stereocenters. The highest BCUT2D eigenvalue weighted by atomic mass is 32.2. The van der Waals surface area contributed by atoms with Gasteiger partial charge in [-0.05, 0) is 25.4 Å². The van der Waals surface area contributed by atoms with Crippen LogP contribution < -0.4 is 21.7 Å². The number of aliphatic hydroxyl groups is 2. The van der Waals surface area contributed by atoms with Crippen molar-refractivity contribution in [2.75, 3.05) is 25.2 Å². The van der Waals surface area contributed by atoms with E-state index in [9.17, 15) is 24.3 Å². The van der Waals surface area contributed by atoms with E-state index in [0.29, 0.717) is 5.75 Å². The zero-order valence-corrected chi connectivity index (χ0v) is 15.4. The topological polar surface area (TPSA) is 191 Å². The molecule has 0 bridgehead atoms. The second-order valence-corrected chi connectivity index (χ2v) is 6.43. The largest absolute Gasteiger partial charge is 0.480 e. The van der Waals surface area contributed by atoms with Gasteiger partial charge in [-0.25, -0.2) is 4.79 Å². The molecular formula is C14H26N4O7S. The Labute approximate surface area is 155 Å². The molecule has 0 aromatic carbocycles. The number of carboxylic acid groups (broad SMARTS) is 1. The zero-order valence-electron chi connectivity index (χ0n) is 14.6. The SMILES string of the molecule is CSCCC(NC(=O)C(C)NC(=O)C(CO)NC(=O)C(N)CO)C(=O)O. The molecule has 0 aromatic heterocycles. The zero-order chi connectivity index (χ0) is 20.3. The Morgan fingerprint density at radius 1 is 0.962 bits per heavy atom. The molecule has 12 heteroatoms. The number of amides is 3. The van der Waals surface area contributed by atoms with E-state index in [0.717, 1.165) is 0 Å². The summed E-state index contributed by atoms with van der Waals surface area (Å²) < 4.78 is 0. The van der Waals surface area contributed by atoms with E-state index in [1.807, 2.05) is 0 Å². The van der Waals surface area contributed by atoms with Crippen LogP contribution in [0, 0.1) is 0 Å². The Bertz CT molecular complexity index is 506. The van der Waals surface area contributed by atoms with Gasteiger partial charge in [-0.2, -0.15) is 11.8 Å². The molecule has 0 aliphatic rings. The first-order chi connectivity index (χ1) is 12.2. The van der Waals surface area contributed by atoms with Crippen LogP contribution in [0.1, 0.15) is 13.3 Å². The van der Waals surface area contributed by atoms with Gasteiger partial charge >= 0.3 is 5.97 Å². The number of carbonyl (C=O) groups excluding carboxylic acids is 3. The van der Waals surface area contributed by atoms with E-state index in [1.165, 1.54) is 18.7 Å². The minimum Gasteiger partial charge on any atom is -0.480 e. The lowest BCUT2D eigenvalue weighted by Gasteiger charge is -2.22. The first-order valence-electron chi connectivity index (χ1n) is 7.78. The number of hydrogen-bond donors (Lipinski definition) is 7. The summed E-state index contributed by atoms with van der Waals surface area (Å²) >= 11 is 1.43. The van der Waals surface area contributed by atoms with Crippen LogP contribution in [-0.4, -0.2) is 88.4 Å². The van der Waals surface area contributed by atoms with Crippen molar-refractivity contribution in [2.24, 2.45) is 5.73 Å². The summed E-state index contributed by atoms with van der Waals surface area (Å²) in [5, 5.41) is 33.8. The van der Waals surface area contributed by atoms with Gasteiger partial charge in [0.1, 0.15) is 24.2 Å². The molecule has 11 nitrogen and oxygen atoms in total. The number of carboxylic acids is 1. The van der Waals surface area contributed by atoms with Crippen LogP contribution in [0.15, 0.2) is 0 Å². The van der Waals surface area contributed by atoms with Crippen LogP contribution in [0.5, 0.6) is 0 Å². The van der Waals surface area contributed by atoms with Gasteiger partial charge in [0, 0.05) is 0 Å². The predicted octanol–water partition coefficient (Wildman–Crippen LogP) is -3.39. The number of hydrogen-bond acceptors (Lipinski definition) is 8. The summed E-state index contributed by atoms with van der Waals surface area (Å²) in [4.78, 5) is 46.8. The predicted molar refractivity (Wildman–Crippen MR) is 94.2 cm³/mol. The maximum atomic E-state index is 12.0. The van der Waals surface area contributed by atoms with Gasteiger partial charge in [-0.3, -0.25) is 14.4 Å². The third kappa shape index (κ3) is 8.47. The molecule has 3 amide bonds. The molecule has 0 heterocycles. The van der Waals surface area contributed by atoms with E-state index in [4.69, 9.17) is 15.9 Å². The minimum absolute atomic E-state index is 0.220. The van der Waals surface area contributed by atoms with E-state index >= 15 is 0 Å².